The molecule has 0 spiro atoms. The van der Waals surface area contributed by atoms with E-state index >= 15 is 0 Å². The second-order valence-corrected chi connectivity index (χ2v) is 7.52. The van der Waals surface area contributed by atoms with Crippen molar-refractivity contribution in [2.45, 2.75) is 38.6 Å². The van der Waals surface area contributed by atoms with E-state index in [-0.39, 0.29) is 29.9 Å². The third-order valence-electron chi connectivity index (χ3n) is 5.08. The van der Waals surface area contributed by atoms with Crippen LogP contribution in [0.3, 0.4) is 0 Å². The van der Waals surface area contributed by atoms with Crippen LogP contribution in [0.25, 0.3) is 11.6 Å². The fraction of sp³-hybridized carbons (Fsp3) is 0.571. The van der Waals surface area contributed by atoms with Crippen molar-refractivity contribution in [3.8, 4) is 11.6 Å². The number of aliphatic imine (C=N–C) groups is 1. The van der Waals surface area contributed by atoms with E-state index in [1.54, 1.807) is 13.2 Å². The minimum absolute atomic E-state index is 0. The molecule has 0 unspecified atom stereocenters. The van der Waals surface area contributed by atoms with Gasteiger partial charge >= 0.3 is 0 Å². The highest BCUT2D eigenvalue weighted by Crippen LogP contribution is 2.13. The molecule has 0 saturated carbocycles. The van der Waals surface area contributed by atoms with Gasteiger partial charge < -0.3 is 20.5 Å². The molecule has 1 fully saturated rings. The fourth-order valence-corrected chi connectivity index (χ4v) is 3.39. The second kappa shape index (κ2) is 14.0. The number of amides is 1. The maximum Gasteiger partial charge on any atom is 0.276 e. The first kappa shape index (κ1) is 26.0. The molecule has 0 aliphatic carbocycles. The number of likely N-dealkylation sites (tertiary alicyclic amines) is 1. The van der Waals surface area contributed by atoms with Crippen LogP contribution in [0.2, 0.25) is 0 Å². The predicted molar refractivity (Wildman–Crippen MR) is 134 cm³/mol. The molecule has 32 heavy (non-hydrogen) atoms. The van der Waals surface area contributed by atoms with Crippen molar-refractivity contribution in [2.24, 2.45) is 4.99 Å². The Morgan fingerprint density at radius 3 is 2.75 bits per heavy atom. The van der Waals surface area contributed by atoms with Gasteiger partial charge in [0, 0.05) is 51.9 Å². The number of halogens is 1. The molecule has 1 aliphatic heterocycles. The average Bonchev–Trinajstić information content (AvgIpc) is 3.28. The number of hydrogen-bond donors (Lipinski definition) is 3. The molecule has 10 nitrogen and oxygen atoms in total. The van der Waals surface area contributed by atoms with E-state index in [2.05, 4.69) is 47.9 Å². The van der Waals surface area contributed by atoms with Crippen molar-refractivity contribution in [1.29, 1.82) is 0 Å². The van der Waals surface area contributed by atoms with Gasteiger partial charge in [-0.05, 0) is 31.4 Å². The Morgan fingerprint density at radius 1 is 1.25 bits per heavy atom. The van der Waals surface area contributed by atoms with E-state index in [0.717, 1.165) is 44.9 Å². The standard InChI is InChI=1S/C21H32N8O2.HI/c1-3-10-24-19(30)15-29-13-8-16(9-14-29)26-21(22-2)25-12-7-18-27-20(31-28-18)17-6-4-5-11-23-17;/h4-6,11,16H,3,7-10,12-15H2,1-2H3,(H,24,30)(H2,22,25,26);1H. The van der Waals surface area contributed by atoms with E-state index in [1.807, 2.05) is 18.2 Å². The first-order chi connectivity index (χ1) is 15.2. The summed E-state index contributed by atoms with van der Waals surface area (Å²) in [6.07, 6.45) is 5.21. The van der Waals surface area contributed by atoms with Crippen molar-refractivity contribution in [3.05, 3.63) is 30.2 Å². The van der Waals surface area contributed by atoms with Crippen LogP contribution in [0.4, 0.5) is 0 Å². The summed E-state index contributed by atoms with van der Waals surface area (Å²) in [5.74, 6) is 1.91. The van der Waals surface area contributed by atoms with Gasteiger partial charge in [0.05, 0.1) is 6.54 Å². The highest BCUT2D eigenvalue weighted by Gasteiger charge is 2.21. The molecule has 176 valence electrons. The number of nitrogens with zero attached hydrogens (tertiary/aromatic N) is 5. The summed E-state index contributed by atoms with van der Waals surface area (Å²) in [5.41, 5.74) is 0.667. The Bertz CT molecular complexity index is 837. The zero-order valence-electron chi connectivity index (χ0n) is 18.7. The summed E-state index contributed by atoms with van der Waals surface area (Å²) in [6.45, 7) is 5.70. The van der Waals surface area contributed by atoms with Crippen LogP contribution < -0.4 is 16.0 Å². The number of aromatic nitrogens is 3. The number of carbonyl (C=O) groups excluding carboxylic acids is 1. The van der Waals surface area contributed by atoms with Crippen molar-refractivity contribution in [3.63, 3.8) is 0 Å². The molecule has 1 amide bonds. The summed E-state index contributed by atoms with van der Waals surface area (Å²) >= 11 is 0. The van der Waals surface area contributed by atoms with Crippen LogP contribution in [0.15, 0.2) is 33.9 Å². The molecule has 0 atom stereocenters. The summed E-state index contributed by atoms with van der Waals surface area (Å²) in [6, 6.07) is 5.90. The lowest BCUT2D eigenvalue weighted by atomic mass is 10.1. The molecule has 2 aromatic rings. The Morgan fingerprint density at radius 2 is 2.06 bits per heavy atom. The summed E-state index contributed by atoms with van der Waals surface area (Å²) in [5, 5.41) is 13.7. The van der Waals surface area contributed by atoms with E-state index in [9.17, 15) is 4.79 Å². The van der Waals surface area contributed by atoms with E-state index < -0.39 is 0 Å². The minimum atomic E-state index is 0. The van der Waals surface area contributed by atoms with Gasteiger partial charge in [0.2, 0.25) is 5.91 Å². The van der Waals surface area contributed by atoms with Gasteiger partial charge in [-0.2, -0.15) is 4.98 Å². The molecule has 11 heteroatoms. The molecule has 0 radical (unpaired) electrons. The van der Waals surface area contributed by atoms with Gasteiger partial charge in [-0.1, -0.05) is 18.1 Å². The Labute approximate surface area is 206 Å². The molecule has 3 rings (SSSR count). The number of nitrogens with one attached hydrogen (secondary N) is 3. The van der Waals surface area contributed by atoms with Crippen LogP contribution in [0.1, 0.15) is 32.0 Å². The molecule has 3 N–H and O–H groups in total. The number of rotatable bonds is 9. The van der Waals surface area contributed by atoms with Gasteiger partial charge in [-0.3, -0.25) is 19.7 Å². The molecular formula is C21H33IN8O2. The lowest BCUT2D eigenvalue weighted by Crippen LogP contribution is -2.50. The van der Waals surface area contributed by atoms with Crippen LogP contribution in [-0.4, -0.2) is 77.7 Å². The minimum Gasteiger partial charge on any atom is -0.356 e. The van der Waals surface area contributed by atoms with Gasteiger partial charge in [-0.25, -0.2) is 0 Å². The van der Waals surface area contributed by atoms with Gasteiger partial charge in [-0.15, -0.1) is 24.0 Å². The smallest absolute Gasteiger partial charge is 0.276 e. The van der Waals surface area contributed by atoms with Crippen LogP contribution in [0.5, 0.6) is 0 Å². The Kier molecular flexibility index (Phi) is 11.4. The molecule has 0 aromatic carbocycles. The van der Waals surface area contributed by atoms with Gasteiger partial charge in [0.25, 0.3) is 5.89 Å². The first-order valence-corrected chi connectivity index (χ1v) is 10.9. The second-order valence-electron chi connectivity index (χ2n) is 7.52. The predicted octanol–water partition coefficient (Wildman–Crippen LogP) is 1.45. The number of guanidine groups is 1. The van der Waals surface area contributed by atoms with Crippen LogP contribution in [-0.2, 0) is 11.2 Å². The number of hydrogen-bond acceptors (Lipinski definition) is 7. The maximum atomic E-state index is 11.9. The van der Waals surface area contributed by atoms with Gasteiger partial charge in [0.1, 0.15) is 5.69 Å². The number of carbonyl (C=O) groups is 1. The summed E-state index contributed by atoms with van der Waals surface area (Å²) < 4.78 is 5.28. The van der Waals surface area contributed by atoms with Crippen molar-refractivity contribution in [2.75, 3.05) is 39.8 Å². The third kappa shape index (κ3) is 8.34. The Hall–Kier alpha value is -2.28. The first-order valence-electron chi connectivity index (χ1n) is 10.9. The Balaban J connectivity index is 0.00000363. The maximum absolute atomic E-state index is 11.9. The number of pyridine rings is 1. The zero-order chi connectivity index (χ0) is 21.9. The van der Waals surface area contributed by atoms with Crippen molar-refractivity contribution in [1.82, 2.24) is 36.0 Å². The molecule has 2 aromatic heterocycles. The highest BCUT2D eigenvalue weighted by molar-refractivity contribution is 14.0. The SMILES string of the molecule is CCCNC(=O)CN1CCC(NC(=NC)NCCc2noc(-c3ccccn3)n2)CC1.I. The van der Waals surface area contributed by atoms with E-state index in [4.69, 9.17) is 4.52 Å². The lowest BCUT2D eigenvalue weighted by Gasteiger charge is -2.32. The molecule has 0 bridgehead atoms. The average molecular weight is 556 g/mol. The van der Waals surface area contributed by atoms with Crippen LogP contribution in [0, 0.1) is 0 Å². The largest absolute Gasteiger partial charge is 0.356 e. The quantitative estimate of drug-likeness (QED) is 0.241. The fourth-order valence-electron chi connectivity index (χ4n) is 3.39. The highest BCUT2D eigenvalue weighted by atomic mass is 127. The molecule has 1 aliphatic rings. The summed E-state index contributed by atoms with van der Waals surface area (Å²) in [4.78, 5) is 27.0. The molecule has 1 saturated heterocycles. The third-order valence-corrected chi connectivity index (χ3v) is 5.08. The number of piperidine rings is 1. The van der Waals surface area contributed by atoms with Crippen molar-refractivity contribution >= 4 is 35.8 Å². The zero-order valence-corrected chi connectivity index (χ0v) is 21.0. The van der Waals surface area contributed by atoms with Crippen LogP contribution >= 0.6 is 24.0 Å². The molecule has 3 heterocycles. The van der Waals surface area contributed by atoms with E-state index in [0.29, 0.717) is 43.0 Å². The monoisotopic (exact) mass is 556 g/mol. The van der Waals surface area contributed by atoms with Gasteiger partial charge in [0.15, 0.2) is 11.8 Å². The van der Waals surface area contributed by atoms with E-state index in [1.165, 1.54) is 0 Å². The molecular weight excluding hydrogens is 523 g/mol. The normalized spacial score (nSPS) is 15.1. The van der Waals surface area contributed by atoms with Crippen molar-refractivity contribution < 1.29 is 9.32 Å². The topological polar surface area (TPSA) is 121 Å². The summed E-state index contributed by atoms with van der Waals surface area (Å²) in [7, 11) is 1.76. The lowest BCUT2D eigenvalue weighted by molar-refractivity contribution is -0.122.